The Morgan fingerprint density at radius 2 is 1.67 bits per heavy atom. The fourth-order valence-corrected chi connectivity index (χ4v) is 2.21. The molecule has 0 atom stereocenters. The van der Waals surface area contributed by atoms with Crippen LogP contribution in [0.5, 0.6) is 0 Å². The summed E-state index contributed by atoms with van der Waals surface area (Å²) in [6.07, 6.45) is 0. The monoisotopic (exact) mass is 321 g/mol. The van der Waals surface area contributed by atoms with Crippen molar-refractivity contribution in [1.82, 2.24) is 0 Å². The Hall–Kier alpha value is -3.61. The SMILES string of the molecule is NC(N)=NC(N)=Nc1ccc(C(=O)c2cc3ccccc3o2)cc1. The molecule has 0 amide bonds. The highest BCUT2D eigenvalue weighted by Crippen LogP contribution is 2.22. The third-order valence-corrected chi connectivity index (χ3v) is 3.27. The van der Waals surface area contributed by atoms with E-state index in [9.17, 15) is 4.79 Å². The Kier molecular flexibility index (Phi) is 3.98. The summed E-state index contributed by atoms with van der Waals surface area (Å²) in [4.78, 5) is 20.1. The fraction of sp³-hybridized carbons (Fsp3) is 0. The van der Waals surface area contributed by atoms with Gasteiger partial charge < -0.3 is 21.6 Å². The maximum Gasteiger partial charge on any atom is 0.228 e. The average Bonchev–Trinajstić information content (AvgIpc) is 2.98. The van der Waals surface area contributed by atoms with Crippen molar-refractivity contribution in [3.63, 3.8) is 0 Å². The van der Waals surface area contributed by atoms with E-state index in [2.05, 4.69) is 9.98 Å². The standard InChI is InChI=1S/C17H15N5O2/c18-16(19)22-17(20)21-12-7-5-10(6-8-12)15(23)14-9-11-3-1-2-4-13(11)24-14/h1-9H,(H6,18,19,20,21,22). The number of hydrogen-bond acceptors (Lipinski definition) is 3. The number of guanidine groups is 2. The lowest BCUT2D eigenvalue weighted by Gasteiger charge is -1.99. The molecule has 1 aromatic heterocycles. The van der Waals surface area contributed by atoms with E-state index in [1.54, 1.807) is 30.3 Å². The number of nitrogens with zero attached hydrogens (tertiary/aromatic N) is 2. The van der Waals surface area contributed by atoms with Gasteiger partial charge in [0.25, 0.3) is 0 Å². The summed E-state index contributed by atoms with van der Waals surface area (Å²) in [6, 6.07) is 15.7. The zero-order chi connectivity index (χ0) is 17.1. The normalized spacial score (nSPS) is 11.4. The molecule has 120 valence electrons. The molecule has 3 aromatic rings. The van der Waals surface area contributed by atoms with Crippen molar-refractivity contribution in [1.29, 1.82) is 0 Å². The van der Waals surface area contributed by atoms with Crippen LogP contribution >= 0.6 is 0 Å². The largest absolute Gasteiger partial charge is 0.453 e. The summed E-state index contributed by atoms with van der Waals surface area (Å²) in [6.45, 7) is 0. The van der Waals surface area contributed by atoms with Gasteiger partial charge in [0.2, 0.25) is 11.7 Å². The van der Waals surface area contributed by atoms with Crippen molar-refractivity contribution in [2.75, 3.05) is 0 Å². The molecule has 0 saturated carbocycles. The molecule has 0 saturated heterocycles. The van der Waals surface area contributed by atoms with E-state index in [0.717, 1.165) is 5.39 Å². The van der Waals surface area contributed by atoms with Gasteiger partial charge in [0.15, 0.2) is 11.7 Å². The summed E-state index contributed by atoms with van der Waals surface area (Å²) in [7, 11) is 0. The van der Waals surface area contributed by atoms with Crippen LogP contribution in [0.3, 0.4) is 0 Å². The summed E-state index contributed by atoms with van der Waals surface area (Å²) < 4.78 is 5.58. The lowest BCUT2D eigenvalue weighted by atomic mass is 10.1. The number of carbonyl (C=O) groups excluding carboxylic acids is 1. The van der Waals surface area contributed by atoms with Gasteiger partial charge in [-0.3, -0.25) is 4.79 Å². The van der Waals surface area contributed by atoms with E-state index >= 15 is 0 Å². The molecule has 0 radical (unpaired) electrons. The topological polar surface area (TPSA) is 133 Å². The van der Waals surface area contributed by atoms with Crippen LogP contribution in [-0.2, 0) is 0 Å². The molecule has 1 heterocycles. The predicted molar refractivity (Wildman–Crippen MR) is 93.2 cm³/mol. The van der Waals surface area contributed by atoms with E-state index in [-0.39, 0.29) is 23.5 Å². The van der Waals surface area contributed by atoms with Crippen LogP contribution in [0.15, 0.2) is 69.0 Å². The van der Waals surface area contributed by atoms with Crippen LogP contribution in [-0.4, -0.2) is 17.7 Å². The number of hydrogen-bond donors (Lipinski definition) is 3. The van der Waals surface area contributed by atoms with E-state index in [4.69, 9.17) is 21.6 Å². The number of furan rings is 1. The van der Waals surface area contributed by atoms with Crippen LogP contribution in [0.25, 0.3) is 11.0 Å². The van der Waals surface area contributed by atoms with E-state index < -0.39 is 0 Å². The molecule has 0 bridgehead atoms. The lowest BCUT2D eigenvalue weighted by Crippen LogP contribution is -2.26. The van der Waals surface area contributed by atoms with Gasteiger partial charge >= 0.3 is 0 Å². The van der Waals surface area contributed by atoms with Gasteiger partial charge in [-0.25, -0.2) is 4.99 Å². The first-order chi connectivity index (χ1) is 11.5. The molecular formula is C17H15N5O2. The number of rotatable bonds is 3. The Morgan fingerprint density at radius 1 is 0.958 bits per heavy atom. The highest BCUT2D eigenvalue weighted by atomic mass is 16.3. The number of nitrogens with two attached hydrogens (primary N) is 3. The zero-order valence-corrected chi connectivity index (χ0v) is 12.6. The summed E-state index contributed by atoms with van der Waals surface area (Å²) in [5.74, 6) is -0.161. The van der Waals surface area contributed by atoms with Gasteiger partial charge in [-0.15, -0.1) is 0 Å². The first-order valence-electron chi connectivity index (χ1n) is 7.10. The molecular weight excluding hydrogens is 306 g/mol. The van der Waals surface area contributed by atoms with Crippen molar-refractivity contribution in [2.24, 2.45) is 27.2 Å². The Balaban J connectivity index is 1.85. The number of benzene rings is 2. The Bertz CT molecular complexity index is 918. The van der Waals surface area contributed by atoms with Crippen molar-refractivity contribution in [3.8, 4) is 0 Å². The minimum Gasteiger partial charge on any atom is -0.453 e. The Labute approximate surface area is 137 Å². The molecule has 6 N–H and O–H groups in total. The van der Waals surface area contributed by atoms with Gasteiger partial charge in [0, 0.05) is 10.9 Å². The average molecular weight is 321 g/mol. The molecule has 7 heteroatoms. The lowest BCUT2D eigenvalue weighted by molar-refractivity contribution is 0.101. The fourth-order valence-electron chi connectivity index (χ4n) is 2.21. The van der Waals surface area contributed by atoms with E-state index in [0.29, 0.717) is 16.8 Å². The molecule has 3 rings (SSSR count). The van der Waals surface area contributed by atoms with Crippen molar-refractivity contribution >= 4 is 34.4 Å². The first-order valence-corrected chi connectivity index (χ1v) is 7.10. The molecule has 0 fully saturated rings. The highest BCUT2D eigenvalue weighted by Gasteiger charge is 2.14. The molecule has 0 aliphatic carbocycles. The van der Waals surface area contributed by atoms with Crippen LogP contribution in [0, 0.1) is 0 Å². The zero-order valence-electron chi connectivity index (χ0n) is 12.6. The van der Waals surface area contributed by atoms with Crippen LogP contribution in [0.1, 0.15) is 16.1 Å². The number of ketones is 1. The number of carbonyl (C=O) groups is 1. The second-order valence-corrected chi connectivity index (χ2v) is 5.03. The smallest absolute Gasteiger partial charge is 0.228 e. The molecule has 0 unspecified atom stereocenters. The second-order valence-electron chi connectivity index (χ2n) is 5.03. The minimum absolute atomic E-state index is 0.0636. The van der Waals surface area contributed by atoms with Crippen molar-refractivity contribution < 1.29 is 9.21 Å². The van der Waals surface area contributed by atoms with Gasteiger partial charge in [0.05, 0.1) is 5.69 Å². The summed E-state index contributed by atoms with van der Waals surface area (Å²) in [5, 5.41) is 0.882. The van der Waals surface area contributed by atoms with E-state index in [1.807, 2.05) is 24.3 Å². The van der Waals surface area contributed by atoms with Gasteiger partial charge in [0.1, 0.15) is 5.58 Å². The van der Waals surface area contributed by atoms with Gasteiger partial charge in [-0.05, 0) is 36.4 Å². The quantitative estimate of drug-likeness (QED) is 0.385. The summed E-state index contributed by atoms with van der Waals surface area (Å²) in [5.41, 5.74) is 17.7. The number of fused-ring (bicyclic) bond motifs is 1. The Morgan fingerprint density at radius 3 is 2.33 bits per heavy atom. The van der Waals surface area contributed by atoms with E-state index in [1.165, 1.54) is 0 Å². The molecule has 0 aliphatic rings. The predicted octanol–water partition coefficient (Wildman–Crippen LogP) is 1.88. The molecule has 0 aliphatic heterocycles. The highest BCUT2D eigenvalue weighted by molar-refractivity contribution is 6.09. The van der Waals surface area contributed by atoms with Crippen LogP contribution < -0.4 is 17.2 Å². The molecule has 0 spiro atoms. The second kappa shape index (κ2) is 6.25. The molecule has 2 aromatic carbocycles. The first kappa shape index (κ1) is 15.3. The van der Waals surface area contributed by atoms with Gasteiger partial charge in [-0.1, -0.05) is 18.2 Å². The number of para-hydroxylation sites is 1. The number of aliphatic imine (C=N–C) groups is 2. The summed E-state index contributed by atoms with van der Waals surface area (Å²) >= 11 is 0. The van der Waals surface area contributed by atoms with Crippen molar-refractivity contribution in [2.45, 2.75) is 0 Å². The third kappa shape index (κ3) is 3.25. The van der Waals surface area contributed by atoms with Crippen LogP contribution in [0.4, 0.5) is 5.69 Å². The maximum atomic E-state index is 12.5. The van der Waals surface area contributed by atoms with Crippen LogP contribution in [0.2, 0.25) is 0 Å². The molecule has 24 heavy (non-hydrogen) atoms. The van der Waals surface area contributed by atoms with Crippen molar-refractivity contribution in [3.05, 3.63) is 65.9 Å². The van der Waals surface area contributed by atoms with Gasteiger partial charge in [-0.2, -0.15) is 4.99 Å². The molecule has 7 nitrogen and oxygen atoms in total. The minimum atomic E-state index is -0.209. The third-order valence-electron chi connectivity index (χ3n) is 3.27. The maximum absolute atomic E-state index is 12.5.